The van der Waals surface area contributed by atoms with Gasteiger partial charge >= 0.3 is 0 Å². The lowest BCUT2D eigenvalue weighted by atomic mass is 9.91. The molecule has 92 valence electrons. The standard InChI is InChI=1S/C12H22N2O2/c1-6-8(4)10-11(15)13-9(7(2)3)12(16)14(10)5/h7-10H,6H2,1-5H3,(H,13,15). The van der Waals surface area contributed by atoms with Crippen LogP contribution >= 0.6 is 0 Å². The molecule has 4 heteroatoms. The number of carbonyl (C=O) groups is 2. The van der Waals surface area contributed by atoms with Crippen LogP contribution < -0.4 is 5.32 Å². The van der Waals surface area contributed by atoms with E-state index in [4.69, 9.17) is 0 Å². The van der Waals surface area contributed by atoms with E-state index in [-0.39, 0.29) is 35.7 Å². The molecule has 1 rings (SSSR count). The van der Waals surface area contributed by atoms with Crippen molar-refractivity contribution in [3.63, 3.8) is 0 Å². The smallest absolute Gasteiger partial charge is 0.245 e. The first-order chi connectivity index (χ1) is 7.40. The predicted molar refractivity (Wildman–Crippen MR) is 62.8 cm³/mol. The van der Waals surface area contributed by atoms with E-state index in [1.807, 2.05) is 27.7 Å². The minimum absolute atomic E-state index is 0.0184. The third-order valence-corrected chi connectivity index (χ3v) is 3.45. The minimum atomic E-state index is -0.363. The highest BCUT2D eigenvalue weighted by Gasteiger charge is 2.41. The van der Waals surface area contributed by atoms with Crippen molar-refractivity contribution in [1.82, 2.24) is 10.2 Å². The Morgan fingerprint density at radius 3 is 2.31 bits per heavy atom. The van der Waals surface area contributed by atoms with Crippen LogP contribution in [0.25, 0.3) is 0 Å². The molecule has 16 heavy (non-hydrogen) atoms. The van der Waals surface area contributed by atoms with Crippen molar-refractivity contribution >= 4 is 11.8 Å². The Labute approximate surface area is 97.4 Å². The summed E-state index contributed by atoms with van der Waals surface area (Å²) in [5, 5.41) is 2.83. The fourth-order valence-corrected chi connectivity index (χ4v) is 2.15. The average molecular weight is 226 g/mol. The zero-order chi connectivity index (χ0) is 12.5. The fourth-order valence-electron chi connectivity index (χ4n) is 2.15. The summed E-state index contributed by atoms with van der Waals surface area (Å²) in [5.41, 5.74) is 0. The highest BCUT2D eigenvalue weighted by atomic mass is 16.2. The Morgan fingerprint density at radius 2 is 1.88 bits per heavy atom. The molecule has 1 saturated heterocycles. The quantitative estimate of drug-likeness (QED) is 0.781. The van der Waals surface area contributed by atoms with Gasteiger partial charge in [-0.15, -0.1) is 0 Å². The number of rotatable bonds is 3. The first-order valence-corrected chi connectivity index (χ1v) is 5.97. The third kappa shape index (κ3) is 2.20. The van der Waals surface area contributed by atoms with Crippen LogP contribution in [0.4, 0.5) is 0 Å². The van der Waals surface area contributed by atoms with Gasteiger partial charge in [0.2, 0.25) is 11.8 Å². The summed E-state index contributed by atoms with van der Waals surface area (Å²) in [7, 11) is 1.73. The van der Waals surface area contributed by atoms with Crippen molar-refractivity contribution in [2.45, 2.75) is 46.2 Å². The van der Waals surface area contributed by atoms with E-state index in [1.54, 1.807) is 11.9 Å². The summed E-state index contributed by atoms with van der Waals surface area (Å²) in [6, 6.07) is -0.676. The Morgan fingerprint density at radius 1 is 1.31 bits per heavy atom. The van der Waals surface area contributed by atoms with E-state index in [0.29, 0.717) is 0 Å². The van der Waals surface area contributed by atoms with Crippen molar-refractivity contribution < 1.29 is 9.59 Å². The number of hydrogen-bond donors (Lipinski definition) is 1. The second-order valence-electron chi connectivity index (χ2n) is 5.01. The summed E-state index contributed by atoms with van der Waals surface area (Å²) < 4.78 is 0. The van der Waals surface area contributed by atoms with Crippen molar-refractivity contribution in [3.8, 4) is 0 Å². The maximum absolute atomic E-state index is 12.1. The van der Waals surface area contributed by atoms with E-state index >= 15 is 0 Å². The maximum Gasteiger partial charge on any atom is 0.245 e. The normalized spacial score (nSPS) is 28.2. The van der Waals surface area contributed by atoms with Crippen LogP contribution in [0.15, 0.2) is 0 Å². The maximum atomic E-state index is 12.1. The van der Waals surface area contributed by atoms with E-state index in [2.05, 4.69) is 5.32 Å². The molecule has 1 fully saturated rings. The SMILES string of the molecule is CCC(C)C1C(=O)NC(C(C)C)C(=O)N1C. The molecule has 2 amide bonds. The molecule has 0 aromatic heterocycles. The van der Waals surface area contributed by atoms with Gasteiger partial charge in [-0.25, -0.2) is 0 Å². The third-order valence-electron chi connectivity index (χ3n) is 3.45. The molecule has 0 aromatic carbocycles. The van der Waals surface area contributed by atoms with E-state index in [1.165, 1.54) is 0 Å². The van der Waals surface area contributed by atoms with Gasteiger partial charge in [0.25, 0.3) is 0 Å². The summed E-state index contributed by atoms with van der Waals surface area (Å²) >= 11 is 0. The summed E-state index contributed by atoms with van der Waals surface area (Å²) in [5.74, 6) is 0.342. The molecule has 1 N–H and O–H groups in total. The van der Waals surface area contributed by atoms with Gasteiger partial charge in [0, 0.05) is 7.05 Å². The lowest BCUT2D eigenvalue weighted by molar-refractivity contribution is -0.150. The van der Waals surface area contributed by atoms with Crippen LogP contribution in [-0.2, 0) is 9.59 Å². The molecule has 0 radical (unpaired) electrons. The Kier molecular flexibility index (Phi) is 3.94. The van der Waals surface area contributed by atoms with E-state index in [0.717, 1.165) is 6.42 Å². The minimum Gasteiger partial charge on any atom is -0.342 e. The lowest BCUT2D eigenvalue weighted by Gasteiger charge is -2.40. The molecule has 3 atom stereocenters. The van der Waals surface area contributed by atoms with Gasteiger partial charge in [-0.3, -0.25) is 9.59 Å². The van der Waals surface area contributed by atoms with Crippen LogP contribution in [0.2, 0.25) is 0 Å². The van der Waals surface area contributed by atoms with Crippen molar-refractivity contribution in [1.29, 1.82) is 0 Å². The lowest BCUT2D eigenvalue weighted by Crippen LogP contribution is -2.65. The zero-order valence-electron chi connectivity index (χ0n) is 10.8. The highest BCUT2D eigenvalue weighted by Crippen LogP contribution is 2.20. The van der Waals surface area contributed by atoms with Gasteiger partial charge in [-0.1, -0.05) is 34.1 Å². The molecule has 3 unspecified atom stereocenters. The van der Waals surface area contributed by atoms with E-state index in [9.17, 15) is 9.59 Å². The fraction of sp³-hybridized carbons (Fsp3) is 0.833. The first-order valence-electron chi connectivity index (χ1n) is 5.97. The molecular formula is C12H22N2O2. The van der Waals surface area contributed by atoms with Crippen LogP contribution in [0.3, 0.4) is 0 Å². The number of hydrogen-bond acceptors (Lipinski definition) is 2. The number of amides is 2. The molecular weight excluding hydrogens is 204 g/mol. The first kappa shape index (κ1) is 13.0. The van der Waals surface area contributed by atoms with Gasteiger partial charge in [0.15, 0.2) is 0 Å². The van der Waals surface area contributed by atoms with E-state index < -0.39 is 0 Å². The Hall–Kier alpha value is -1.06. The van der Waals surface area contributed by atoms with Gasteiger partial charge in [-0.2, -0.15) is 0 Å². The van der Waals surface area contributed by atoms with Gasteiger partial charge in [0.05, 0.1) is 0 Å². The van der Waals surface area contributed by atoms with Crippen LogP contribution in [0.1, 0.15) is 34.1 Å². The van der Waals surface area contributed by atoms with Crippen LogP contribution in [0, 0.1) is 11.8 Å². The second kappa shape index (κ2) is 4.85. The molecule has 1 aliphatic rings. The number of piperazine rings is 1. The van der Waals surface area contributed by atoms with Gasteiger partial charge in [-0.05, 0) is 11.8 Å². The molecule has 0 aromatic rings. The molecule has 0 spiro atoms. The van der Waals surface area contributed by atoms with Crippen LogP contribution in [-0.4, -0.2) is 35.8 Å². The largest absolute Gasteiger partial charge is 0.342 e. The monoisotopic (exact) mass is 226 g/mol. The molecule has 1 aliphatic heterocycles. The number of nitrogens with zero attached hydrogens (tertiary/aromatic N) is 1. The summed E-state index contributed by atoms with van der Waals surface area (Å²) in [6.45, 7) is 7.93. The molecule has 1 heterocycles. The predicted octanol–water partition coefficient (Wildman–Crippen LogP) is 1.01. The van der Waals surface area contributed by atoms with Crippen molar-refractivity contribution in [3.05, 3.63) is 0 Å². The Balaban J connectivity index is 2.88. The molecule has 0 aliphatic carbocycles. The van der Waals surface area contributed by atoms with Gasteiger partial charge in [0.1, 0.15) is 12.1 Å². The number of nitrogens with one attached hydrogen (secondary N) is 1. The highest BCUT2D eigenvalue weighted by molar-refractivity contribution is 5.97. The van der Waals surface area contributed by atoms with Crippen molar-refractivity contribution in [2.24, 2.45) is 11.8 Å². The topological polar surface area (TPSA) is 49.4 Å². The summed E-state index contributed by atoms with van der Waals surface area (Å²) in [4.78, 5) is 25.6. The summed E-state index contributed by atoms with van der Waals surface area (Å²) in [6.07, 6.45) is 0.891. The number of carbonyl (C=O) groups excluding carboxylic acids is 2. The Bertz CT molecular complexity index is 289. The molecule has 0 saturated carbocycles. The second-order valence-corrected chi connectivity index (χ2v) is 5.01. The zero-order valence-corrected chi connectivity index (χ0v) is 10.8. The average Bonchev–Trinajstić information content (AvgIpc) is 2.22. The molecule has 4 nitrogen and oxygen atoms in total. The van der Waals surface area contributed by atoms with Crippen LogP contribution in [0.5, 0.6) is 0 Å². The van der Waals surface area contributed by atoms with Gasteiger partial charge < -0.3 is 10.2 Å². The van der Waals surface area contributed by atoms with Crippen molar-refractivity contribution in [2.75, 3.05) is 7.05 Å². The molecule has 0 bridgehead atoms. The number of likely N-dealkylation sites (N-methyl/N-ethyl adjacent to an activating group) is 1.